The number of nitrogens with one attached hydrogen (secondary N) is 2. The minimum atomic E-state index is -4.35. The molecule has 1 amide bonds. The van der Waals surface area contributed by atoms with Crippen molar-refractivity contribution in [3.05, 3.63) is 54.1 Å². The molecule has 0 aliphatic heterocycles. The average Bonchev–Trinajstić information content (AvgIpc) is 2.95. The maximum Gasteiger partial charge on any atom is 0.416 e. The van der Waals surface area contributed by atoms with Gasteiger partial charge in [-0.2, -0.15) is 13.2 Å². The van der Waals surface area contributed by atoms with E-state index in [1.807, 2.05) is 39.0 Å². The molecule has 142 valence electrons. The van der Waals surface area contributed by atoms with Crippen molar-refractivity contribution in [1.29, 1.82) is 0 Å². The van der Waals surface area contributed by atoms with Crippen molar-refractivity contribution in [2.75, 3.05) is 5.32 Å². The van der Waals surface area contributed by atoms with Gasteiger partial charge in [-0.3, -0.25) is 4.79 Å². The highest BCUT2D eigenvalue weighted by atomic mass is 19.4. The Morgan fingerprint density at radius 2 is 1.67 bits per heavy atom. The fourth-order valence-electron chi connectivity index (χ4n) is 2.89. The highest BCUT2D eigenvalue weighted by molar-refractivity contribution is 5.95. The summed E-state index contributed by atoms with van der Waals surface area (Å²) in [5.41, 5.74) is 2.15. The summed E-state index contributed by atoms with van der Waals surface area (Å²) < 4.78 is 38.1. The van der Waals surface area contributed by atoms with Gasteiger partial charge in [-0.05, 0) is 47.4 Å². The van der Waals surface area contributed by atoms with Crippen molar-refractivity contribution in [2.45, 2.75) is 33.4 Å². The molecule has 3 nitrogen and oxygen atoms in total. The lowest BCUT2D eigenvalue weighted by Gasteiger charge is -2.17. The van der Waals surface area contributed by atoms with E-state index >= 15 is 0 Å². The molecule has 3 aromatic rings. The normalized spacial score (nSPS) is 12.4. The summed E-state index contributed by atoms with van der Waals surface area (Å²) in [5, 5.41) is 3.76. The number of rotatable bonds is 3. The summed E-state index contributed by atoms with van der Waals surface area (Å²) in [7, 11) is 0. The molecule has 0 fully saturated rings. The second kappa shape index (κ2) is 6.76. The number of fused-ring (bicyclic) bond motifs is 1. The minimum absolute atomic E-state index is 0.0552. The van der Waals surface area contributed by atoms with E-state index in [0.717, 1.165) is 28.7 Å². The number of hydrogen-bond acceptors (Lipinski definition) is 1. The fraction of sp³-hybridized carbons (Fsp3) is 0.286. The van der Waals surface area contributed by atoms with Crippen molar-refractivity contribution < 1.29 is 18.0 Å². The third-order valence-corrected chi connectivity index (χ3v) is 4.12. The van der Waals surface area contributed by atoms with Gasteiger partial charge in [0.05, 0.1) is 5.56 Å². The molecule has 1 heterocycles. The Hall–Kier alpha value is -2.76. The van der Waals surface area contributed by atoms with Crippen LogP contribution in [0, 0.1) is 5.41 Å². The quantitative estimate of drug-likeness (QED) is 0.561. The Morgan fingerprint density at radius 3 is 2.26 bits per heavy atom. The first-order valence-corrected chi connectivity index (χ1v) is 8.61. The lowest BCUT2D eigenvalue weighted by atomic mass is 9.92. The van der Waals surface area contributed by atoms with Gasteiger partial charge < -0.3 is 10.3 Å². The summed E-state index contributed by atoms with van der Waals surface area (Å²) in [4.78, 5) is 15.3. The SMILES string of the molecule is CC(C)(C)CC(=O)Nc1ccc2[nH]c(-c3ccc(C(F)(F)F)cc3)cc2c1. The molecular weight excluding hydrogens is 353 g/mol. The van der Waals surface area contributed by atoms with Crippen molar-refractivity contribution in [3.63, 3.8) is 0 Å². The van der Waals surface area contributed by atoms with Crippen molar-refractivity contribution in [2.24, 2.45) is 5.41 Å². The molecule has 0 radical (unpaired) electrons. The van der Waals surface area contributed by atoms with Crippen LogP contribution in [0.25, 0.3) is 22.2 Å². The largest absolute Gasteiger partial charge is 0.416 e. The summed E-state index contributed by atoms with van der Waals surface area (Å²) in [5.74, 6) is -0.0552. The number of alkyl halides is 3. The minimum Gasteiger partial charge on any atom is -0.355 e. The van der Waals surface area contributed by atoms with Crippen LogP contribution in [0.2, 0.25) is 0 Å². The predicted molar refractivity (Wildman–Crippen MR) is 101 cm³/mol. The molecule has 0 spiro atoms. The number of halogens is 3. The fourth-order valence-corrected chi connectivity index (χ4v) is 2.89. The van der Waals surface area contributed by atoms with Crippen LogP contribution < -0.4 is 5.32 Å². The molecule has 1 aromatic heterocycles. The van der Waals surface area contributed by atoms with Gasteiger partial charge in [-0.15, -0.1) is 0 Å². The molecule has 2 aromatic carbocycles. The third-order valence-electron chi connectivity index (χ3n) is 4.12. The van der Waals surface area contributed by atoms with Crippen LogP contribution in [0.15, 0.2) is 48.5 Å². The Labute approximate surface area is 155 Å². The molecule has 0 bridgehead atoms. The standard InChI is InChI=1S/C21H21F3N2O/c1-20(2,3)12-19(27)25-16-8-9-17-14(10-16)11-18(26-17)13-4-6-15(7-5-13)21(22,23)24/h4-11,26H,12H2,1-3H3,(H,25,27). The zero-order chi connectivity index (χ0) is 19.8. The van der Waals surface area contributed by atoms with Crippen LogP contribution in [-0.2, 0) is 11.0 Å². The van der Waals surface area contributed by atoms with Crippen LogP contribution in [0.4, 0.5) is 18.9 Å². The molecule has 0 aliphatic rings. The third kappa shape index (κ3) is 4.70. The van der Waals surface area contributed by atoms with E-state index in [-0.39, 0.29) is 11.3 Å². The van der Waals surface area contributed by atoms with E-state index in [4.69, 9.17) is 0 Å². The number of amides is 1. The van der Waals surface area contributed by atoms with Crippen LogP contribution in [0.5, 0.6) is 0 Å². The van der Waals surface area contributed by atoms with E-state index in [9.17, 15) is 18.0 Å². The Kier molecular flexibility index (Phi) is 4.76. The first kappa shape index (κ1) is 19.0. The average molecular weight is 374 g/mol. The Bertz CT molecular complexity index is 964. The number of aromatic amines is 1. The molecule has 0 unspecified atom stereocenters. The molecule has 2 N–H and O–H groups in total. The van der Waals surface area contributed by atoms with E-state index in [1.54, 1.807) is 6.07 Å². The van der Waals surface area contributed by atoms with Gasteiger partial charge in [-0.25, -0.2) is 0 Å². The molecule has 0 saturated carbocycles. The number of H-pyrrole nitrogens is 1. The topological polar surface area (TPSA) is 44.9 Å². The monoisotopic (exact) mass is 374 g/mol. The number of anilines is 1. The van der Waals surface area contributed by atoms with Crippen LogP contribution in [0.3, 0.4) is 0 Å². The Balaban J connectivity index is 1.82. The number of carbonyl (C=O) groups is 1. The molecule has 0 atom stereocenters. The van der Waals surface area contributed by atoms with Gasteiger partial charge in [0.1, 0.15) is 0 Å². The zero-order valence-electron chi connectivity index (χ0n) is 15.4. The highest BCUT2D eigenvalue weighted by Gasteiger charge is 2.30. The maximum absolute atomic E-state index is 12.7. The molecule has 0 aliphatic carbocycles. The number of hydrogen-bond donors (Lipinski definition) is 2. The second-order valence-corrected chi connectivity index (χ2v) is 7.85. The van der Waals surface area contributed by atoms with Crippen molar-refractivity contribution in [3.8, 4) is 11.3 Å². The van der Waals surface area contributed by atoms with Crippen LogP contribution >= 0.6 is 0 Å². The molecule has 0 saturated heterocycles. The van der Waals surface area contributed by atoms with E-state index in [0.29, 0.717) is 17.7 Å². The van der Waals surface area contributed by atoms with Crippen LogP contribution in [0.1, 0.15) is 32.8 Å². The van der Waals surface area contributed by atoms with Crippen molar-refractivity contribution >= 4 is 22.5 Å². The molecule has 27 heavy (non-hydrogen) atoms. The van der Waals surface area contributed by atoms with Gasteiger partial charge in [0, 0.05) is 28.7 Å². The number of aromatic nitrogens is 1. The van der Waals surface area contributed by atoms with E-state index in [2.05, 4.69) is 10.3 Å². The van der Waals surface area contributed by atoms with Gasteiger partial charge in [-0.1, -0.05) is 32.9 Å². The van der Waals surface area contributed by atoms with E-state index in [1.165, 1.54) is 12.1 Å². The summed E-state index contributed by atoms with van der Waals surface area (Å²) in [6.07, 6.45) is -3.94. The van der Waals surface area contributed by atoms with Gasteiger partial charge in [0.15, 0.2) is 0 Å². The lowest BCUT2D eigenvalue weighted by Crippen LogP contribution is -2.19. The van der Waals surface area contributed by atoms with Crippen LogP contribution in [-0.4, -0.2) is 10.9 Å². The van der Waals surface area contributed by atoms with Gasteiger partial charge in [0.2, 0.25) is 5.91 Å². The summed E-state index contributed by atoms with van der Waals surface area (Å²) in [6, 6.07) is 12.4. The summed E-state index contributed by atoms with van der Waals surface area (Å²) >= 11 is 0. The number of carbonyl (C=O) groups excluding carboxylic acids is 1. The van der Waals surface area contributed by atoms with Gasteiger partial charge >= 0.3 is 6.18 Å². The van der Waals surface area contributed by atoms with E-state index < -0.39 is 11.7 Å². The zero-order valence-corrected chi connectivity index (χ0v) is 15.4. The first-order valence-electron chi connectivity index (χ1n) is 8.61. The summed E-state index contributed by atoms with van der Waals surface area (Å²) in [6.45, 7) is 5.99. The molecule has 3 rings (SSSR count). The predicted octanol–water partition coefficient (Wildman–Crippen LogP) is 6.23. The molecular formula is C21H21F3N2O. The number of benzene rings is 2. The smallest absolute Gasteiger partial charge is 0.355 e. The van der Waals surface area contributed by atoms with Gasteiger partial charge in [0.25, 0.3) is 0 Å². The Morgan fingerprint density at radius 1 is 1.00 bits per heavy atom. The first-order chi connectivity index (χ1) is 12.5. The highest BCUT2D eigenvalue weighted by Crippen LogP contribution is 2.32. The maximum atomic E-state index is 12.7. The molecule has 6 heteroatoms. The second-order valence-electron chi connectivity index (χ2n) is 7.85. The lowest BCUT2D eigenvalue weighted by molar-refractivity contribution is -0.137. The van der Waals surface area contributed by atoms with Crippen molar-refractivity contribution in [1.82, 2.24) is 4.98 Å².